The number of carbonyl (C=O) groups excluding carboxylic acids is 3. The summed E-state index contributed by atoms with van der Waals surface area (Å²) in [4.78, 5) is 44.2. The Morgan fingerprint density at radius 2 is 1.80 bits per heavy atom. The van der Waals surface area contributed by atoms with Crippen LogP contribution >= 0.6 is 0 Å². The maximum atomic E-state index is 14.0. The van der Waals surface area contributed by atoms with Gasteiger partial charge in [0.15, 0.2) is 5.76 Å². The molecule has 210 valence electrons. The average Bonchev–Trinajstić information content (AvgIpc) is 3.69. The Kier molecular flexibility index (Phi) is 8.53. The van der Waals surface area contributed by atoms with Gasteiger partial charge in [-0.1, -0.05) is 42.7 Å². The van der Waals surface area contributed by atoms with Gasteiger partial charge in [-0.2, -0.15) is 0 Å². The van der Waals surface area contributed by atoms with E-state index in [0.717, 1.165) is 43.2 Å². The third-order valence-electron chi connectivity index (χ3n) is 8.04. The van der Waals surface area contributed by atoms with Gasteiger partial charge in [-0.3, -0.25) is 14.4 Å². The Hall–Kier alpha value is -4.07. The third-order valence-corrected chi connectivity index (χ3v) is 8.04. The Morgan fingerprint density at radius 3 is 2.52 bits per heavy atom. The van der Waals surface area contributed by atoms with Crippen LogP contribution in [0.2, 0.25) is 0 Å². The summed E-state index contributed by atoms with van der Waals surface area (Å²) in [5, 5.41) is 3.27. The maximum absolute atomic E-state index is 14.0. The molecular weight excluding hydrogens is 506 g/mol. The molecule has 0 spiro atoms. The molecule has 1 aromatic heterocycles. The second-order valence-electron chi connectivity index (χ2n) is 10.8. The highest BCUT2D eigenvalue weighted by molar-refractivity contribution is 5.96. The van der Waals surface area contributed by atoms with Crippen molar-refractivity contribution in [3.63, 3.8) is 0 Å². The Morgan fingerprint density at radius 1 is 1.00 bits per heavy atom. The van der Waals surface area contributed by atoms with Crippen LogP contribution in [-0.4, -0.2) is 59.3 Å². The number of methoxy groups -OCH3 is 1. The van der Waals surface area contributed by atoms with Crippen molar-refractivity contribution in [3.05, 3.63) is 89.4 Å². The first-order chi connectivity index (χ1) is 19.4. The van der Waals surface area contributed by atoms with Crippen molar-refractivity contribution in [2.45, 2.75) is 70.1 Å². The minimum atomic E-state index is -0.553. The second-order valence-corrected chi connectivity index (χ2v) is 10.8. The van der Waals surface area contributed by atoms with Crippen LogP contribution in [0.15, 0.2) is 71.3 Å². The number of benzene rings is 2. The third kappa shape index (κ3) is 6.06. The summed E-state index contributed by atoms with van der Waals surface area (Å²) < 4.78 is 10.6. The normalized spacial score (nSPS) is 20.6. The molecule has 40 heavy (non-hydrogen) atoms. The first-order valence-electron chi connectivity index (χ1n) is 14.1. The standard InChI is InChI=1S/C32H37N3O5/c1-22-8-5-9-23(20-22)21-35(31(37)24-14-16-25(39-2)17-15-24)27-11-4-3-10-26(27)33-30(36)28-12-6-18-34(28)32(38)29-13-7-19-40-29/h5,7-9,13-17,19-20,26-28H,3-4,6,10-12,18,21H2,1-2H3,(H,33,36)/t26?,27-,28-/m1/s1. The molecule has 0 radical (unpaired) electrons. The molecule has 2 aromatic carbocycles. The number of carbonyl (C=O) groups is 3. The molecule has 1 N–H and O–H groups in total. The molecule has 5 rings (SSSR count). The molecule has 3 amide bonds. The molecule has 2 heterocycles. The van der Waals surface area contributed by atoms with E-state index in [1.807, 2.05) is 30.0 Å². The van der Waals surface area contributed by atoms with E-state index in [4.69, 9.17) is 9.15 Å². The van der Waals surface area contributed by atoms with Gasteiger partial charge in [-0.05, 0) is 74.6 Å². The smallest absolute Gasteiger partial charge is 0.290 e. The molecule has 0 bridgehead atoms. The van der Waals surface area contributed by atoms with Crippen LogP contribution < -0.4 is 10.1 Å². The van der Waals surface area contributed by atoms with Gasteiger partial charge >= 0.3 is 0 Å². The molecule has 2 fully saturated rings. The van der Waals surface area contributed by atoms with Crippen molar-refractivity contribution in [3.8, 4) is 5.75 Å². The number of hydrogen-bond acceptors (Lipinski definition) is 5. The quantitative estimate of drug-likeness (QED) is 0.433. The van der Waals surface area contributed by atoms with Gasteiger partial charge in [0.25, 0.3) is 11.8 Å². The zero-order valence-corrected chi connectivity index (χ0v) is 23.2. The van der Waals surface area contributed by atoms with Crippen molar-refractivity contribution < 1.29 is 23.5 Å². The van der Waals surface area contributed by atoms with Gasteiger partial charge in [-0.15, -0.1) is 0 Å². The van der Waals surface area contributed by atoms with E-state index in [9.17, 15) is 14.4 Å². The highest BCUT2D eigenvalue weighted by Crippen LogP contribution is 2.28. The number of aryl methyl sites for hydroxylation is 1. The van der Waals surface area contributed by atoms with Crippen molar-refractivity contribution >= 4 is 17.7 Å². The van der Waals surface area contributed by atoms with E-state index in [1.54, 1.807) is 48.4 Å². The predicted octanol–water partition coefficient (Wildman–Crippen LogP) is 4.97. The number of ether oxygens (including phenoxy) is 1. The fraction of sp³-hybridized carbons (Fsp3) is 0.406. The highest BCUT2D eigenvalue weighted by Gasteiger charge is 2.39. The molecule has 1 saturated heterocycles. The summed E-state index contributed by atoms with van der Waals surface area (Å²) in [6.45, 7) is 3.00. The minimum absolute atomic E-state index is 0.0780. The molecule has 2 aliphatic rings. The van der Waals surface area contributed by atoms with Gasteiger partial charge in [0.2, 0.25) is 5.91 Å². The fourth-order valence-corrected chi connectivity index (χ4v) is 6.00. The first kappa shape index (κ1) is 27.5. The summed E-state index contributed by atoms with van der Waals surface area (Å²) in [7, 11) is 1.60. The monoisotopic (exact) mass is 543 g/mol. The van der Waals surface area contributed by atoms with Crippen molar-refractivity contribution in [2.24, 2.45) is 0 Å². The zero-order chi connectivity index (χ0) is 28.1. The highest BCUT2D eigenvalue weighted by atomic mass is 16.5. The summed E-state index contributed by atoms with van der Waals surface area (Å²) in [6, 6.07) is 17.7. The van der Waals surface area contributed by atoms with E-state index < -0.39 is 6.04 Å². The van der Waals surface area contributed by atoms with Crippen LogP contribution in [-0.2, 0) is 11.3 Å². The molecule has 1 saturated carbocycles. The Labute approximate surface area is 235 Å². The zero-order valence-electron chi connectivity index (χ0n) is 23.2. The van der Waals surface area contributed by atoms with Crippen LogP contribution in [0, 0.1) is 6.92 Å². The van der Waals surface area contributed by atoms with E-state index in [1.165, 1.54) is 6.26 Å². The number of furan rings is 1. The lowest BCUT2D eigenvalue weighted by atomic mass is 9.88. The van der Waals surface area contributed by atoms with Crippen molar-refractivity contribution in [1.29, 1.82) is 0 Å². The van der Waals surface area contributed by atoms with E-state index in [2.05, 4.69) is 11.4 Å². The maximum Gasteiger partial charge on any atom is 0.290 e. The number of rotatable bonds is 8. The van der Waals surface area contributed by atoms with Crippen LogP contribution in [0.4, 0.5) is 0 Å². The Balaban J connectivity index is 1.38. The molecule has 1 unspecified atom stereocenters. The minimum Gasteiger partial charge on any atom is -0.497 e. The van der Waals surface area contributed by atoms with Gasteiger partial charge < -0.3 is 24.3 Å². The van der Waals surface area contributed by atoms with Gasteiger partial charge in [0.05, 0.1) is 19.4 Å². The van der Waals surface area contributed by atoms with E-state index in [0.29, 0.717) is 30.8 Å². The first-order valence-corrected chi connectivity index (χ1v) is 14.1. The lowest BCUT2D eigenvalue weighted by Gasteiger charge is -2.41. The van der Waals surface area contributed by atoms with Crippen LogP contribution in [0.3, 0.4) is 0 Å². The topological polar surface area (TPSA) is 92.1 Å². The fourth-order valence-electron chi connectivity index (χ4n) is 6.00. The van der Waals surface area contributed by atoms with Gasteiger partial charge in [0.1, 0.15) is 11.8 Å². The molecule has 1 aliphatic heterocycles. The summed E-state index contributed by atoms with van der Waals surface area (Å²) in [5.41, 5.74) is 2.75. The molecule has 1 aliphatic carbocycles. The molecular formula is C32H37N3O5. The van der Waals surface area contributed by atoms with Crippen LogP contribution in [0.1, 0.15) is 70.6 Å². The molecule has 8 heteroatoms. The summed E-state index contributed by atoms with van der Waals surface area (Å²) in [5.74, 6) is 0.422. The molecule has 3 atom stereocenters. The van der Waals surface area contributed by atoms with Crippen molar-refractivity contribution in [2.75, 3.05) is 13.7 Å². The Bertz CT molecular complexity index is 1320. The van der Waals surface area contributed by atoms with Crippen LogP contribution in [0.5, 0.6) is 5.75 Å². The number of nitrogens with one attached hydrogen (secondary N) is 1. The number of amides is 3. The molecule has 3 aromatic rings. The summed E-state index contributed by atoms with van der Waals surface area (Å²) >= 11 is 0. The van der Waals surface area contributed by atoms with Crippen LogP contribution in [0.25, 0.3) is 0 Å². The number of likely N-dealkylation sites (tertiary alicyclic amines) is 1. The van der Waals surface area contributed by atoms with Gasteiger partial charge in [0, 0.05) is 24.7 Å². The largest absolute Gasteiger partial charge is 0.497 e. The SMILES string of the molecule is COc1ccc(C(=O)N(Cc2cccc(C)c2)[C@@H]2CCCCC2NC(=O)[C@H]2CCCN2C(=O)c2ccco2)cc1. The lowest BCUT2D eigenvalue weighted by molar-refractivity contribution is -0.126. The second kappa shape index (κ2) is 12.4. The van der Waals surface area contributed by atoms with E-state index >= 15 is 0 Å². The predicted molar refractivity (Wildman–Crippen MR) is 151 cm³/mol. The number of nitrogens with zero attached hydrogens (tertiary/aromatic N) is 2. The molecule has 8 nitrogen and oxygen atoms in total. The van der Waals surface area contributed by atoms with Crippen molar-refractivity contribution in [1.82, 2.24) is 15.1 Å². The van der Waals surface area contributed by atoms with Gasteiger partial charge in [-0.25, -0.2) is 0 Å². The average molecular weight is 544 g/mol. The number of hydrogen-bond donors (Lipinski definition) is 1. The summed E-state index contributed by atoms with van der Waals surface area (Å²) in [6.07, 6.45) is 6.34. The van der Waals surface area contributed by atoms with E-state index in [-0.39, 0.29) is 35.6 Å². The lowest BCUT2D eigenvalue weighted by Crippen LogP contribution is -2.57.